The van der Waals surface area contributed by atoms with Crippen molar-refractivity contribution < 1.29 is 4.74 Å². The number of methoxy groups -OCH3 is 1. The molecule has 1 aromatic rings. The SMILES string of the molecule is COc1ccc(Cl)c(NC2=NC3(CCCC(C)C3)CS2)c1. The van der Waals surface area contributed by atoms with Gasteiger partial charge in [-0.25, -0.2) is 0 Å². The molecule has 1 aliphatic heterocycles. The van der Waals surface area contributed by atoms with Crippen molar-refractivity contribution in [3.05, 3.63) is 23.2 Å². The highest BCUT2D eigenvalue weighted by Crippen LogP contribution is 2.42. The van der Waals surface area contributed by atoms with Crippen molar-refractivity contribution in [1.29, 1.82) is 0 Å². The Labute approximate surface area is 135 Å². The zero-order chi connectivity index (χ0) is 14.9. The molecule has 1 heterocycles. The lowest BCUT2D eigenvalue weighted by Gasteiger charge is -2.33. The summed E-state index contributed by atoms with van der Waals surface area (Å²) >= 11 is 8.06. The third-order valence-corrected chi connectivity index (χ3v) is 5.78. The van der Waals surface area contributed by atoms with Gasteiger partial charge in [-0.2, -0.15) is 0 Å². The van der Waals surface area contributed by atoms with E-state index in [2.05, 4.69) is 12.2 Å². The number of thioether (sulfide) groups is 1. The minimum atomic E-state index is 0.149. The molecule has 0 amide bonds. The Morgan fingerprint density at radius 1 is 1.48 bits per heavy atom. The van der Waals surface area contributed by atoms with Crippen molar-refractivity contribution in [2.75, 3.05) is 18.2 Å². The summed E-state index contributed by atoms with van der Waals surface area (Å²) in [4.78, 5) is 4.99. The Balaban J connectivity index is 1.77. The van der Waals surface area contributed by atoms with Crippen LogP contribution in [0, 0.1) is 5.92 Å². The summed E-state index contributed by atoms with van der Waals surface area (Å²) in [7, 11) is 1.66. The fraction of sp³-hybridized carbons (Fsp3) is 0.562. The van der Waals surface area contributed by atoms with Gasteiger partial charge >= 0.3 is 0 Å². The number of halogens is 1. The van der Waals surface area contributed by atoms with E-state index in [0.29, 0.717) is 5.02 Å². The summed E-state index contributed by atoms with van der Waals surface area (Å²) in [5.74, 6) is 2.66. The van der Waals surface area contributed by atoms with E-state index in [4.69, 9.17) is 21.3 Å². The molecule has 1 aliphatic carbocycles. The predicted octanol–water partition coefficient (Wildman–Crippen LogP) is 4.81. The first-order valence-corrected chi connectivity index (χ1v) is 8.80. The number of hydrogen-bond donors (Lipinski definition) is 1. The molecule has 0 bridgehead atoms. The number of aliphatic imine (C=N–C) groups is 1. The van der Waals surface area contributed by atoms with Gasteiger partial charge in [0.15, 0.2) is 5.17 Å². The van der Waals surface area contributed by atoms with E-state index in [1.165, 1.54) is 25.7 Å². The number of rotatable bonds is 2. The van der Waals surface area contributed by atoms with Gasteiger partial charge in [0.1, 0.15) is 5.75 Å². The highest BCUT2D eigenvalue weighted by Gasteiger charge is 2.39. The molecule has 21 heavy (non-hydrogen) atoms. The van der Waals surface area contributed by atoms with Crippen LogP contribution in [0.1, 0.15) is 32.6 Å². The van der Waals surface area contributed by atoms with E-state index in [-0.39, 0.29) is 5.54 Å². The predicted molar refractivity (Wildman–Crippen MR) is 91.9 cm³/mol. The average Bonchev–Trinajstić information content (AvgIpc) is 2.83. The first kappa shape index (κ1) is 15.0. The van der Waals surface area contributed by atoms with Gasteiger partial charge in [-0.3, -0.25) is 4.99 Å². The number of anilines is 1. The average molecular weight is 325 g/mol. The van der Waals surface area contributed by atoms with Crippen LogP contribution < -0.4 is 10.1 Å². The van der Waals surface area contributed by atoms with Gasteiger partial charge in [-0.15, -0.1) is 0 Å². The minimum absolute atomic E-state index is 0.149. The number of benzene rings is 1. The molecule has 2 aliphatic rings. The summed E-state index contributed by atoms with van der Waals surface area (Å²) in [6, 6.07) is 5.63. The van der Waals surface area contributed by atoms with Gasteiger partial charge in [0, 0.05) is 11.8 Å². The fourth-order valence-electron chi connectivity index (χ4n) is 3.25. The largest absolute Gasteiger partial charge is 0.497 e. The molecule has 0 radical (unpaired) electrons. The number of hydrogen-bond acceptors (Lipinski definition) is 4. The molecule has 2 unspecified atom stereocenters. The second kappa shape index (κ2) is 6.09. The molecule has 0 saturated heterocycles. The summed E-state index contributed by atoms with van der Waals surface area (Å²) in [5, 5.41) is 5.05. The van der Waals surface area contributed by atoms with Crippen molar-refractivity contribution in [3.63, 3.8) is 0 Å². The molecule has 3 nitrogen and oxygen atoms in total. The van der Waals surface area contributed by atoms with E-state index in [9.17, 15) is 0 Å². The Morgan fingerprint density at radius 2 is 2.33 bits per heavy atom. The van der Waals surface area contributed by atoms with E-state index in [1.54, 1.807) is 18.9 Å². The Kier molecular flexibility index (Phi) is 4.36. The van der Waals surface area contributed by atoms with Gasteiger partial charge in [-0.1, -0.05) is 43.1 Å². The Hall–Kier alpha value is -0.870. The molecule has 1 fully saturated rings. The molecule has 0 aromatic heterocycles. The topological polar surface area (TPSA) is 33.6 Å². The van der Waals surface area contributed by atoms with E-state index in [0.717, 1.165) is 28.3 Å². The van der Waals surface area contributed by atoms with Gasteiger partial charge in [0.2, 0.25) is 0 Å². The highest BCUT2D eigenvalue weighted by molar-refractivity contribution is 8.14. The van der Waals surface area contributed by atoms with Crippen molar-refractivity contribution in [1.82, 2.24) is 0 Å². The normalized spacial score (nSPS) is 28.5. The molecule has 5 heteroatoms. The maximum absolute atomic E-state index is 6.25. The molecule has 3 rings (SSSR count). The minimum Gasteiger partial charge on any atom is -0.497 e. The third kappa shape index (κ3) is 3.32. The number of nitrogens with one attached hydrogen (secondary N) is 1. The van der Waals surface area contributed by atoms with Gasteiger partial charge in [-0.05, 0) is 30.9 Å². The lowest BCUT2D eigenvalue weighted by atomic mass is 9.78. The maximum atomic E-state index is 6.25. The smallest absolute Gasteiger partial charge is 0.161 e. The molecule has 2 atom stereocenters. The fourth-order valence-corrected chi connectivity index (χ4v) is 4.59. The second-order valence-corrected chi connectivity index (χ2v) is 7.47. The Bertz CT molecular complexity index is 563. The van der Waals surface area contributed by atoms with Crippen LogP contribution >= 0.6 is 23.4 Å². The summed E-state index contributed by atoms with van der Waals surface area (Å²) in [5.41, 5.74) is 1.01. The lowest BCUT2D eigenvalue weighted by Crippen LogP contribution is -2.33. The molecular weight excluding hydrogens is 304 g/mol. The van der Waals surface area contributed by atoms with Crippen molar-refractivity contribution >= 4 is 34.2 Å². The first-order chi connectivity index (χ1) is 10.1. The van der Waals surface area contributed by atoms with Gasteiger partial charge in [0.25, 0.3) is 0 Å². The molecule has 1 spiro atoms. The van der Waals surface area contributed by atoms with Crippen LogP contribution in [0.3, 0.4) is 0 Å². The third-order valence-electron chi connectivity index (χ3n) is 4.30. The zero-order valence-electron chi connectivity index (χ0n) is 12.5. The van der Waals surface area contributed by atoms with E-state index >= 15 is 0 Å². The van der Waals surface area contributed by atoms with Crippen LogP contribution in [0.25, 0.3) is 0 Å². The van der Waals surface area contributed by atoms with Crippen molar-refractivity contribution in [2.24, 2.45) is 10.9 Å². The summed E-state index contributed by atoms with van der Waals surface area (Å²) in [6.45, 7) is 2.34. The molecule has 114 valence electrons. The number of ether oxygens (including phenoxy) is 1. The molecule has 1 aromatic carbocycles. The van der Waals surface area contributed by atoms with Crippen LogP contribution in [0.4, 0.5) is 5.69 Å². The van der Waals surface area contributed by atoms with Crippen molar-refractivity contribution in [3.8, 4) is 5.75 Å². The molecule has 1 N–H and O–H groups in total. The quantitative estimate of drug-likeness (QED) is 0.847. The van der Waals surface area contributed by atoms with Crippen LogP contribution in [0.15, 0.2) is 23.2 Å². The van der Waals surface area contributed by atoms with Crippen LogP contribution in [-0.2, 0) is 0 Å². The second-order valence-electron chi connectivity index (χ2n) is 6.10. The summed E-state index contributed by atoms with van der Waals surface area (Å²) in [6.07, 6.45) is 5.04. The van der Waals surface area contributed by atoms with E-state index in [1.807, 2.05) is 18.2 Å². The monoisotopic (exact) mass is 324 g/mol. The molecular formula is C16H21ClN2OS. The Morgan fingerprint density at radius 3 is 3.10 bits per heavy atom. The maximum Gasteiger partial charge on any atom is 0.161 e. The van der Waals surface area contributed by atoms with Gasteiger partial charge < -0.3 is 10.1 Å². The standard InChI is InChI=1S/C16H21ClN2OS/c1-11-4-3-7-16(9-11)10-21-15(19-16)18-14-8-12(20-2)5-6-13(14)17/h5-6,8,11H,3-4,7,9-10H2,1-2H3,(H,18,19). The summed E-state index contributed by atoms with van der Waals surface area (Å²) < 4.78 is 5.25. The van der Waals surface area contributed by atoms with Crippen molar-refractivity contribution in [2.45, 2.75) is 38.1 Å². The highest BCUT2D eigenvalue weighted by atomic mass is 35.5. The van der Waals surface area contributed by atoms with Crippen LogP contribution in [-0.4, -0.2) is 23.6 Å². The number of amidine groups is 1. The first-order valence-electron chi connectivity index (χ1n) is 7.43. The van der Waals surface area contributed by atoms with E-state index < -0.39 is 0 Å². The zero-order valence-corrected chi connectivity index (χ0v) is 14.1. The lowest BCUT2D eigenvalue weighted by molar-refractivity contribution is 0.266. The van der Waals surface area contributed by atoms with Crippen LogP contribution in [0.5, 0.6) is 5.75 Å². The molecule has 1 saturated carbocycles. The number of nitrogens with zero attached hydrogens (tertiary/aromatic N) is 1. The van der Waals surface area contributed by atoms with Crippen LogP contribution in [0.2, 0.25) is 5.02 Å². The van der Waals surface area contributed by atoms with Gasteiger partial charge in [0.05, 0.1) is 23.4 Å².